The molecule has 0 bridgehead atoms. The quantitative estimate of drug-likeness (QED) is 0.190. The van der Waals surface area contributed by atoms with Crippen molar-refractivity contribution < 1.29 is 32.0 Å². The molecule has 0 N–H and O–H groups in total. The third-order valence-corrected chi connectivity index (χ3v) is 9.92. The molecule has 2 aromatic carbocycles. The average Bonchev–Trinajstić information content (AvgIpc) is 3.34. The van der Waals surface area contributed by atoms with E-state index in [9.17, 15) is 18.0 Å². The van der Waals surface area contributed by atoms with E-state index >= 15 is 0 Å². The van der Waals surface area contributed by atoms with Gasteiger partial charge in [0.2, 0.25) is 11.5 Å². The van der Waals surface area contributed by atoms with E-state index in [0.717, 1.165) is 59.5 Å². The summed E-state index contributed by atoms with van der Waals surface area (Å²) >= 11 is 0. The lowest BCUT2D eigenvalue weighted by Crippen LogP contribution is -2.33. The molecule has 8 heteroatoms. The molecule has 2 aliphatic heterocycles. The van der Waals surface area contributed by atoms with E-state index in [-0.39, 0.29) is 5.78 Å². The van der Waals surface area contributed by atoms with Crippen molar-refractivity contribution >= 4 is 22.9 Å². The van der Waals surface area contributed by atoms with E-state index < -0.39 is 22.6 Å². The third kappa shape index (κ3) is 6.04. The van der Waals surface area contributed by atoms with Crippen LogP contribution < -0.4 is 9.64 Å². The highest BCUT2D eigenvalue weighted by atomic mass is 19.4. The van der Waals surface area contributed by atoms with E-state index in [0.29, 0.717) is 40.8 Å². The Labute approximate surface area is 277 Å². The van der Waals surface area contributed by atoms with Gasteiger partial charge in [-0.3, -0.25) is 4.79 Å². The highest BCUT2D eigenvalue weighted by Gasteiger charge is 2.48. The van der Waals surface area contributed by atoms with Gasteiger partial charge in [-0.1, -0.05) is 41.5 Å². The molecular weight excluding hydrogens is 601 g/mol. The summed E-state index contributed by atoms with van der Waals surface area (Å²) in [7, 11) is 3.23. The molecule has 0 amide bonds. The number of fused-ring (bicyclic) bond motifs is 2. The van der Waals surface area contributed by atoms with Crippen LogP contribution >= 0.6 is 0 Å². The fourth-order valence-corrected chi connectivity index (χ4v) is 7.00. The van der Waals surface area contributed by atoms with Crippen LogP contribution in [0, 0.1) is 11.8 Å². The molecule has 252 valence electrons. The number of Topliss-reactive ketones (excluding diaryl/α,β-unsaturated/α-hetero) is 1. The van der Waals surface area contributed by atoms with Gasteiger partial charge in [-0.15, -0.1) is 0 Å². The topological polar surface area (TPSA) is 41.8 Å². The largest absolute Gasteiger partial charge is 0.497 e. The number of benzene rings is 2. The van der Waals surface area contributed by atoms with Gasteiger partial charge < -0.3 is 14.4 Å². The molecule has 5 nitrogen and oxygen atoms in total. The van der Waals surface area contributed by atoms with Gasteiger partial charge >= 0.3 is 6.18 Å². The van der Waals surface area contributed by atoms with Gasteiger partial charge in [-0.2, -0.15) is 17.7 Å². The summed E-state index contributed by atoms with van der Waals surface area (Å²) in [6.45, 7) is 18.2. The van der Waals surface area contributed by atoms with Crippen molar-refractivity contribution in [2.24, 2.45) is 11.8 Å². The number of halogens is 3. The number of carbonyl (C=O) groups is 1. The lowest BCUT2D eigenvalue weighted by molar-refractivity contribution is -0.439. The van der Waals surface area contributed by atoms with Crippen LogP contribution in [0.3, 0.4) is 0 Å². The van der Waals surface area contributed by atoms with Crippen LogP contribution in [0.15, 0.2) is 71.2 Å². The maximum atomic E-state index is 14.0. The number of nitrogens with zero attached hydrogens (tertiary/aromatic N) is 2. The van der Waals surface area contributed by atoms with Crippen LogP contribution in [0.2, 0.25) is 0 Å². The second-order valence-electron chi connectivity index (χ2n) is 14.8. The zero-order valence-electron chi connectivity index (χ0n) is 29.4. The van der Waals surface area contributed by atoms with E-state index in [1.807, 2.05) is 32.1 Å². The Morgan fingerprint density at radius 2 is 1.55 bits per heavy atom. The Balaban J connectivity index is 1.62. The van der Waals surface area contributed by atoms with Crippen LogP contribution in [0.25, 0.3) is 0 Å². The SMILES string of the molecule is COC1=C(C=C2N(CCC(C)C)c3ccc(C(F)(F)F)cc3C2(C)C)C(=O)C1=CC1=[N+](CCC(C)C)c2ccc(OC)cc2C1(C)C. The molecular formula is C39H48F3N2O3+. The fourth-order valence-electron chi connectivity index (χ4n) is 7.00. The van der Waals surface area contributed by atoms with Crippen LogP contribution in [0.4, 0.5) is 24.5 Å². The number of rotatable bonds is 10. The van der Waals surface area contributed by atoms with Crippen molar-refractivity contribution in [1.29, 1.82) is 0 Å². The van der Waals surface area contributed by atoms with Crippen LogP contribution in [-0.4, -0.2) is 43.4 Å². The van der Waals surface area contributed by atoms with Gasteiger partial charge in [0.05, 0.1) is 36.3 Å². The van der Waals surface area contributed by atoms with Crippen molar-refractivity contribution in [2.75, 3.05) is 32.2 Å². The molecule has 2 aromatic rings. The van der Waals surface area contributed by atoms with Gasteiger partial charge in [-0.25, -0.2) is 0 Å². The number of carbonyl (C=O) groups excluding carboxylic acids is 1. The normalized spacial score (nSPS) is 20.1. The number of methoxy groups -OCH3 is 2. The number of hydrogen-bond acceptors (Lipinski definition) is 4. The van der Waals surface area contributed by atoms with E-state index in [1.54, 1.807) is 20.3 Å². The van der Waals surface area contributed by atoms with Crippen LogP contribution in [0.1, 0.15) is 84.9 Å². The second-order valence-corrected chi connectivity index (χ2v) is 14.8. The molecule has 0 atom stereocenters. The minimum Gasteiger partial charge on any atom is -0.497 e. The first-order chi connectivity index (χ1) is 21.9. The van der Waals surface area contributed by atoms with Crippen molar-refractivity contribution in [3.05, 3.63) is 87.8 Å². The number of ether oxygens (including phenoxy) is 2. The maximum absolute atomic E-state index is 14.0. The predicted octanol–water partition coefficient (Wildman–Crippen LogP) is 9.27. The molecule has 2 heterocycles. The Morgan fingerprint density at radius 3 is 2.15 bits per heavy atom. The molecule has 0 aromatic heterocycles. The monoisotopic (exact) mass is 649 g/mol. The van der Waals surface area contributed by atoms with Gasteiger partial charge in [-0.05, 0) is 74.1 Å². The number of hydrogen-bond donors (Lipinski definition) is 0. The van der Waals surface area contributed by atoms with Gasteiger partial charge in [0, 0.05) is 47.5 Å². The minimum atomic E-state index is -4.45. The number of anilines is 1. The highest BCUT2D eigenvalue weighted by molar-refractivity contribution is 6.24. The Bertz CT molecular complexity index is 1720. The summed E-state index contributed by atoms with van der Waals surface area (Å²) in [5.74, 6) is 2.03. The zero-order valence-corrected chi connectivity index (χ0v) is 29.4. The van der Waals surface area contributed by atoms with Crippen molar-refractivity contribution in [2.45, 2.75) is 85.2 Å². The Hall–Kier alpha value is -3.81. The summed E-state index contributed by atoms with van der Waals surface area (Å²) in [6, 6.07) is 10.1. The Morgan fingerprint density at radius 1 is 0.872 bits per heavy atom. The van der Waals surface area contributed by atoms with Gasteiger partial charge in [0.25, 0.3) is 0 Å². The summed E-state index contributed by atoms with van der Waals surface area (Å²) in [4.78, 5) is 16.1. The molecule has 0 fully saturated rings. The molecule has 1 aliphatic carbocycles. The highest BCUT2D eigenvalue weighted by Crippen LogP contribution is 2.51. The van der Waals surface area contributed by atoms with Crippen LogP contribution in [0.5, 0.6) is 5.75 Å². The van der Waals surface area contributed by atoms with Gasteiger partial charge in [0.15, 0.2) is 5.71 Å². The first kappa shape index (κ1) is 34.5. The van der Waals surface area contributed by atoms with E-state index in [2.05, 4.69) is 63.2 Å². The average molecular weight is 650 g/mol. The standard InChI is InChI=1S/C39H48F3N2O3/c1-23(2)15-17-43-31-13-11-25(39(40,41)42)19-29(31)37(5,6)33(43)21-27-35(45)28(36(27)47-10)22-34-38(7,8)30-20-26(46-9)12-14-32(30)44(34)18-16-24(3)4/h11-14,19-24H,15-18H2,1-10H3/q+1. The molecule has 3 aliphatic rings. The molecule has 0 unspecified atom stereocenters. The first-order valence-corrected chi connectivity index (χ1v) is 16.5. The summed E-state index contributed by atoms with van der Waals surface area (Å²) < 4.78 is 55.1. The zero-order chi connectivity index (χ0) is 34.6. The smallest absolute Gasteiger partial charge is 0.416 e. The summed E-state index contributed by atoms with van der Waals surface area (Å²) in [5, 5.41) is 0. The number of ketones is 1. The molecule has 0 radical (unpaired) electrons. The lowest BCUT2D eigenvalue weighted by atomic mass is 9.77. The Kier molecular flexibility index (Phi) is 9.06. The second kappa shape index (κ2) is 12.3. The van der Waals surface area contributed by atoms with E-state index in [4.69, 9.17) is 9.47 Å². The minimum absolute atomic E-state index is 0.137. The fraction of sp³-hybridized carbons (Fsp3) is 0.487. The van der Waals surface area contributed by atoms with Crippen molar-refractivity contribution in [3.8, 4) is 5.75 Å². The first-order valence-electron chi connectivity index (χ1n) is 16.5. The molecule has 5 rings (SSSR count). The van der Waals surface area contributed by atoms with Gasteiger partial charge in [0.1, 0.15) is 18.1 Å². The summed E-state index contributed by atoms with van der Waals surface area (Å²) in [6.07, 6.45) is 1.18. The van der Waals surface area contributed by atoms with E-state index in [1.165, 1.54) is 6.07 Å². The molecule has 0 saturated carbocycles. The van der Waals surface area contributed by atoms with Crippen molar-refractivity contribution in [3.63, 3.8) is 0 Å². The van der Waals surface area contributed by atoms with Crippen molar-refractivity contribution in [1.82, 2.24) is 0 Å². The number of alkyl halides is 3. The lowest BCUT2D eigenvalue weighted by Gasteiger charge is -2.30. The van der Waals surface area contributed by atoms with Crippen LogP contribution in [-0.2, 0) is 26.5 Å². The molecule has 0 spiro atoms. The number of allylic oxidation sites excluding steroid dienone is 5. The maximum Gasteiger partial charge on any atom is 0.416 e. The third-order valence-electron chi connectivity index (χ3n) is 9.92. The molecule has 0 saturated heterocycles. The summed E-state index contributed by atoms with van der Waals surface area (Å²) in [5.41, 5.74) is 4.47. The predicted molar refractivity (Wildman–Crippen MR) is 182 cm³/mol. The molecule has 47 heavy (non-hydrogen) atoms.